The quantitative estimate of drug-likeness (QED) is 0.635. The number of hydrogen-bond acceptors (Lipinski definition) is 4. The number of rotatable bonds is 3. The lowest BCUT2D eigenvalue weighted by Crippen LogP contribution is -2.44. The van der Waals surface area contributed by atoms with E-state index in [1.807, 2.05) is 4.90 Å². The van der Waals surface area contributed by atoms with Crippen LogP contribution in [0.3, 0.4) is 0 Å². The average molecular weight is 293 g/mol. The Bertz CT molecular complexity index is 524. The van der Waals surface area contributed by atoms with Gasteiger partial charge in [-0.2, -0.15) is 4.39 Å². The van der Waals surface area contributed by atoms with Crippen molar-refractivity contribution in [1.29, 1.82) is 0 Å². The fourth-order valence-corrected chi connectivity index (χ4v) is 3.52. The third-order valence-electron chi connectivity index (χ3n) is 4.61. The molecule has 2 heterocycles. The maximum absolute atomic E-state index is 13.7. The van der Waals surface area contributed by atoms with E-state index in [9.17, 15) is 14.5 Å². The summed E-state index contributed by atoms with van der Waals surface area (Å²) in [5, 5.41) is 11.1. The van der Waals surface area contributed by atoms with Gasteiger partial charge in [-0.25, -0.2) is 0 Å². The molecule has 1 aromatic carbocycles. The van der Waals surface area contributed by atoms with Crippen molar-refractivity contribution in [3.63, 3.8) is 0 Å². The van der Waals surface area contributed by atoms with Crippen molar-refractivity contribution in [3.05, 3.63) is 34.1 Å². The third-order valence-corrected chi connectivity index (χ3v) is 4.61. The van der Waals surface area contributed by atoms with Crippen LogP contribution < -0.4 is 4.90 Å². The second kappa shape index (κ2) is 5.97. The number of nitro benzene ring substituents is 1. The van der Waals surface area contributed by atoms with Gasteiger partial charge in [-0.3, -0.25) is 10.1 Å². The van der Waals surface area contributed by atoms with Crippen LogP contribution in [0.2, 0.25) is 0 Å². The summed E-state index contributed by atoms with van der Waals surface area (Å²) >= 11 is 0. The zero-order valence-electron chi connectivity index (χ0n) is 12.0. The molecule has 5 nitrogen and oxygen atoms in total. The number of anilines is 1. The molecule has 2 fully saturated rings. The minimum absolute atomic E-state index is 0.392. The molecule has 3 rings (SSSR count). The molecule has 2 aliphatic heterocycles. The summed E-state index contributed by atoms with van der Waals surface area (Å²) in [6.45, 7) is 3.85. The summed E-state index contributed by atoms with van der Waals surface area (Å²) in [5.41, 5.74) is 0.0250. The Morgan fingerprint density at radius 1 is 1.14 bits per heavy atom. The highest BCUT2D eigenvalue weighted by Gasteiger charge is 2.30. The number of nitro groups is 1. The lowest BCUT2D eigenvalue weighted by Gasteiger charge is -2.37. The van der Waals surface area contributed by atoms with Crippen LogP contribution in [0.15, 0.2) is 18.2 Å². The van der Waals surface area contributed by atoms with Gasteiger partial charge in [-0.15, -0.1) is 0 Å². The van der Waals surface area contributed by atoms with Crippen molar-refractivity contribution >= 4 is 11.4 Å². The van der Waals surface area contributed by atoms with Gasteiger partial charge in [0.1, 0.15) is 5.69 Å². The van der Waals surface area contributed by atoms with Gasteiger partial charge in [0.25, 0.3) is 0 Å². The third kappa shape index (κ3) is 2.85. The van der Waals surface area contributed by atoms with E-state index >= 15 is 0 Å². The first-order valence-electron chi connectivity index (χ1n) is 7.58. The van der Waals surface area contributed by atoms with Crippen molar-refractivity contribution < 1.29 is 9.31 Å². The molecule has 114 valence electrons. The van der Waals surface area contributed by atoms with E-state index < -0.39 is 16.4 Å². The number of para-hydroxylation sites is 1. The summed E-state index contributed by atoms with van der Waals surface area (Å²) < 4.78 is 13.7. The molecule has 0 N–H and O–H groups in total. The van der Waals surface area contributed by atoms with Crippen molar-refractivity contribution in [2.24, 2.45) is 0 Å². The highest BCUT2D eigenvalue weighted by Crippen LogP contribution is 2.33. The van der Waals surface area contributed by atoms with Gasteiger partial charge in [0, 0.05) is 19.1 Å². The maximum atomic E-state index is 13.7. The monoisotopic (exact) mass is 293 g/mol. The van der Waals surface area contributed by atoms with Crippen LogP contribution in [-0.2, 0) is 0 Å². The minimum atomic E-state index is -0.751. The van der Waals surface area contributed by atoms with Crippen LogP contribution in [0.5, 0.6) is 0 Å². The van der Waals surface area contributed by atoms with Crippen LogP contribution in [-0.4, -0.2) is 42.0 Å². The number of piperidine rings is 1. The molecule has 1 aromatic rings. The molecule has 0 unspecified atom stereocenters. The average Bonchev–Trinajstić information content (AvgIpc) is 3.01. The summed E-state index contributed by atoms with van der Waals surface area (Å²) in [4.78, 5) is 15.0. The first-order chi connectivity index (χ1) is 10.2. The van der Waals surface area contributed by atoms with E-state index in [1.54, 1.807) is 12.1 Å². The molecule has 0 atom stereocenters. The topological polar surface area (TPSA) is 49.6 Å². The Morgan fingerprint density at radius 3 is 2.43 bits per heavy atom. The van der Waals surface area contributed by atoms with E-state index in [0.717, 1.165) is 32.0 Å². The Morgan fingerprint density at radius 2 is 1.81 bits per heavy atom. The normalized spacial score (nSPS) is 20.9. The zero-order chi connectivity index (χ0) is 14.8. The summed E-state index contributed by atoms with van der Waals surface area (Å²) in [7, 11) is 0. The van der Waals surface area contributed by atoms with Gasteiger partial charge in [0.15, 0.2) is 0 Å². The summed E-state index contributed by atoms with van der Waals surface area (Å²) in [6, 6.07) is 4.93. The molecule has 2 saturated heterocycles. The molecule has 0 spiro atoms. The van der Waals surface area contributed by atoms with Crippen LogP contribution in [0, 0.1) is 15.9 Å². The van der Waals surface area contributed by atoms with Gasteiger partial charge in [0.05, 0.1) is 4.92 Å². The first kappa shape index (κ1) is 14.3. The molecule has 0 aromatic heterocycles. The fourth-order valence-electron chi connectivity index (χ4n) is 3.52. The first-order valence-corrected chi connectivity index (χ1v) is 7.58. The van der Waals surface area contributed by atoms with Crippen molar-refractivity contribution in [2.45, 2.75) is 31.7 Å². The van der Waals surface area contributed by atoms with Crippen LogP contribution >= 0.6 is 0 Å². The largest absolute Gasteiger partial charge is 0.366 e. The number of benzene rings is 1. The van der Waals surface area contributed by atoms with Crippen LogP contribution in [0.4, 0.5) is 15.8 Å². The van der Waals surface area contributed by atoms with E-state index in [-0.39, 0.29) is 0 Å². The lowest BCUT2D eigenvalue weighted by molar-refractivity contribution is -0.386. The predicted molar refractivity (Wildman–Crippen MR) is 79.1 cm³/mol. The standard InChI is InChI=1S/C15H20FN3O2/c16-13-4-3-5-14(15(13)19(20)21)18-10-6-12(7-11-18)17-8-1-2-9-17/h3-5,12H,1-2,6-11H2. The van der Waals surface area contributed by atoms with Crippen molar-refractivity contribution in [2.75, 3.05) is 31.1 Å². The fraction of sp³-hybridized carbons (Fsp3) is 0.600. The predicted octanol–water partition coefficient (Wildman–Crippen LogP) is 2.80. The Kier molecular flexibility index (Phi) is 4.05. The van der Waals surface area contributed by atoms with Gasteiger partial charge >= 0.3 is 5.69 Å². The second-order valence-electron chi connectivity index (χ2n) is 5.83. The van der Waals surface area contributed by atoms with E-state index in [4.69, 9.17) is 0 Å². The summed E-state index contributed by atoms with van der Waals surface area (Å²) in [6.07, 6.45) is 4.53. The number of nitrogens with zero attached hydrogens (tertiary/aromatic N) is 3. The highest BCUT2D eigenvalue weighted by molar-refractivity contribution is 5.64. The van der Waals surface area contributed by atoms with E-state index in [2.05, 4.69) is 4.90 Å². The van der Waals surface area contributed by atoms with Gasteiger partial charge < -0.3 is 9.80 Å². The lowest BCUT2D eigenvalue weighted by atomic mass is 10.0. The molecule has 0 radical (unpaired) electrons. The summed E-state index contributed by atoms with van der Waals surface area (Å²) in [5.74, 6) is -0.751. The molecule has 0 aliphatic carbocycles. The molecule has 0 bridgehead atoms. The number of halogens is 1. The Balaban J connectivity index is 1.72. The molecular formula is C15H20FN3O2. The Labute approximate surface area is 123 Å². The van der Waals surface area contributed by atoms with Gasteiger partial charge in [-0.05, 0) is 50.9 Å². The smallest absolute Gasteiger partial charge is 0.327 e. The molecular weight excluding hydrogens is 273 g/mol. The second-order valence-corrected chi connectivity index (χ2v) is 5.83. The van der Waals surface area contributed by atoms with Crippen LogP contribution in [0.1, 0.15) is 25.7 Å². The maximum Gasteiger partial charge on any atom is 0.327 e. The molecule has 6 heteroatoms. The van der Waals surface area contributed by atoms with Crippen LogP contribution in [0.25, 0.3) is 0 Å². The van der Waals surface area contributed by atoms with E-state index in [1.165, 1.54) is 25.9 Å². The molecule has 21 heavy (non-hydrogen) atoms. The number of hydrogen-bond donors (Lipinski definition) is 0. The number of likely N-dealkylation sites (tertiary alicyclic amines) is 1. The van der Waals surface area contributed by atoms with Gasteiger partial charge in [0.2, 0.25) is 5.82 Å². The zero-order valence-corrected chi connectivity index (χ0v) is 12.0. The molecule has 0 amide bonds. The van der Waals surface area contributed by atoms with Gasteiger partial charge in [-0.1, -0.05) is 6.07 Å². The SMILES string of the molecule is O=[N+]([O-])c1c(F)cccc1N1CCC(N2CCCC2)CC1. The Hall–Kier alpha value is -1.69. The minimum Gasteiger partial charge on any atom is -0.366 e. The molecule has 2 aliphatic rings. The highest BCUT2D eigenvalue weighted by atomic mass is 19.1. The molecule has 0 saturated carbocycles. The van der Waals surface area contributed by atoms with E-state index in [0.29, 0.717) is 11.7 Å². The van der Waals surface area contributed by atoms with Crippen molar-refractivity contribution in [3.8, 4) is 0 Å². The van der Waals surface area contributed by atoms with Crippen molar-refractivity contribution in [1.82, 2.24) is 4.90 Å².